The van der Waals surface area contributed by atoms with E-state index in [4.69, 9.17) is 10.5 Å². The maximum Gasteiger partial charge on any atom is 0.223 e. The zero-order valence-corrected chi connectivity index (χ0v) is 12.2. The molecule has 1 unspecified atom stereocenters. The Balaban J connectivity index is 0. The van der Waals surface area contributed by atoms with Crippen LogP contribution in [0.4, 0.5) is 0 Å². The van der Waals surface area contributed by atoms with Gasteiger partial charge in [-0.15, -0.1) is 12.4 Å². The molecule has 0 fully saturated rings. The van der Waals surface area contributed by atoms with Gasteiger partial charge in [0.25, 0.3) is 0 Å². The first-order chi connectivity index (χ1) is 7.57. The van der Waals surface area contributed by atoms with E-state index in [-0.39, 0.29) is 30.0 Å². The predicted octanol–water partition coefficient (Wildman–Crippen LogP) is 1.86. The number of rotatable bonds is 8. The molecule has 0 spiro atoms. The van der Waals surface area contributed by atoms with Gasteiger partial charge in [-0.25, -0.2) is 0 Å². The number of nitrogens with two attached hydrogens (primary N) is 1. The summed E-state index contributed by atoms with van der Waals surface area (Å²) in [5.41, 5.74) is 5.42. The highest BCUT2D eigenvalue weighted by atomic mass is 35.5. The number of hydrogen-bond acceptors (Lipinski definition) is 3. The molecule has 5 heteroatoms. The molecule has 0 saturated heterocycles. The average Bonchev–Trinajstić information content (AvgIpc) is 2.33. The minimum Gasteiger partial charge on any atom is -0.380 e. The number of nitrogens with one attached hydrogen (secondary N) is 1. The summed E-state index contributed by atoms with van der Waals surface area (Å²) in [5, 5.41) is 3.10. The Labute approximate surface area is 111 Å². The van der Waals surface area contributed by atoms with Crippen molar-refractivity contribution in [3.8, 4) is 0 Å². The number of methoxy groups -OCH3 is 1. The van der Waals surface area contributed by atoms with Crippen molar-refractivity contribution < 1.29 is 9.53 Å². The zero-order chi connectivity index (χ0) is 12.6. The third-order valence-corrected chi connectivity index (χ3v) is 3.44. The molecule has 1 amide bonds. The molecule has 0 rings (SSSR count). The van der Waals surface area contributed by atoms with Gasteiger partial charge in [-0.3, -0.25) is 4.79 Å². The van der Waals surface area contributed by atoms with Crippen molar-refractivity contribution >= 4 is 18.3 Å². The third kappa shape index (κ3) is 6.24. The molecule has 0 aromatic carbocycles. The van der Waals surface area contributed by atoms with Gasteiger partial charge in [0.05, 0.1) is 12.5 Å². The van der Waals surface area contributed by atoms with Crippen LogP contribution in [0.15, 0.2) is 0 Å². The highest BCUT2D eigenvalue weighted by Crippen LogP contribution is 2.19. The smallest absolute Gasteiger partial charge is 0.223 e. The van der Waals surface area contributed by atoms with Gasteiger partial charge in [0, 0.05) is 19.2 Å². The maximum atomic E-state index is 11.8. The number of halogens is 1. The normalized spacial score (nSPS) is 12.8. The van der Waals surface area contributed by atoms with E-state index >= 15 is 0 Å². The molecule has 4 nitrogen and oxygen atoms in total. The van der Waals surface area contributed by atoms with Gasteiger partial charge in [0.15, 0.2) is 0 Å². The lowest BCUT2D eigenvalue weighted by Gasteiger charge is -2.32. The van der Waals surface area contributed by atoms with E-state index in [1.165, 1.54) is 0 Å². The third-order valence-electron chi connectivity index (χ3n) is 3.44. The first kappa shape index (κ1) is 19.0. The van der Waals surface area contributed by atoms with Crippen LogP contribution in [0.5, 0.6) is 0 Å². The number of carbonyl (C=O) groups excluding carboxylic acids is 1. The molecule has 1 atom stereocenters. The van der Waals surface area contributed by atoms with Crippen molar-refractivity contribution in [2.45, 2.75) is 58.1 Å². The summed E-state index contributed by atoms with van der Waals surface area (Å²) >= 11 is 0. The second-order valence-electron chi connectivity index (χ2n) is 4.19. The standard InChI is InChI=1S/C12H26N2O2.ClH/c1-5-12(6-2,7-3)14-11(15)8-10(9-13)16-4;/h10H,5-9,13H2,1-4H3,(H,14,15);1H. The summed E-state index contributed by atoms with van der Waals surface area (Å²) in [5.74, 6) is 0.0304. The van der Waals surface area contributed by atoms with Gasteiger partial charge < -0.3 is 15.8 Å². The number of ether oxygens (including phenoxy) is 1. The number of carbonyl (C=O) groups is 1. The summed E-state index contributed by atoms with van der Waals surface area (Å²) in [6.45, 7) is 6.68. The van der Waals surface area contributed by atoms with Gasteiger partial charge in [-0.05, 0) is 19.3 Å². The topological polar surface area (TPSA) is 64.4 Å². The molecule has 0 aliphatic carbocycles. The fourth-order valence-corrected chi connectivity index (χ4v) is 1.83. The van der Waals surface area contributed by atoms with Gasteiger partial charge >= 0.3 is 0 Å². The SMILES string of the molecule is CCC(CC)(CC)NC(=O)CC(CN)OC.Cl. The van der Waals surface area contributed by atoms with Crippen molar-refractivity contribution in [3.63, 3.8) is 0 Å². The lowest BCUT2D eigenvalue weighted by molar-refractivity contribution is -0.125. The van der Waals surface area contributed by atoms with Gasteiger partial charge in [-0.2, -0.15) is 0 Å². The van der Waals surface area contributed by atoms with Crippen LogP contribution >= 0.6 is 12.4 Å². The van der Waals surface area contributed by atoms with Crippen LogP contribution in [-0.4, -0.2) is 31.2 Å². The Hall–Kier alpha value is -0.320. The van der Waals surface area contributed by atoms with Gasteiger partial charge in [-0.1, -0.05) is 20.8 Å². The Morgan fingerprint density at radius 3 is 2.06 bits per heavy atom. The summed E-state index contributed by atoms with van der Waals surface area (Å²) in [4.78, 5) is 11.8. The minimum absolute atomic E-state index is 0. The summed E-state index contributed by atoms with van der Waals surface area (Å²) in [6.07, 6.45) is 3.02. The summed E-state index contributed by atoms with van der Waals surface area (Å²) < 4.78 is 5.10. The van der Waals surface area contributed by atoms with E-state index in [0.29, 0.717) is 13.0 Å². The van der Waals surface area contributed by atoms with Crippen molar-refractivity contribution in [1.82, 2.24) is 5.32 Å². The van der Waals surface area contributed by atoms with Crippen LogP contribution in [0, 0.1) is 0 Å². The molecule has 0 saturated carbocycles. The quantitative estimate of drug-likeness (QED) is 0.705. The molecule has 3 N–H and O–H groups in total. The lowest BCUT2D eigenvalue weighted by Crippen LogP contribution is -2.48. The zero-order valence-electron chi connectivity index (χ0n) is 11.4. The molecule has 0 aliphatic rings. The highest BCUT2D eigenvalue weighted by molar-refractivity contribution is 5.85. The van der Waals surface area contributed by atoms with E-state index in [2.05, 4.69) is 26.1 Å². The van der Waals surface area contributed by atoms with E-state index in [9.17, 15) is 4.79 Å². The highest BCUT2D eigenvalue weighted by Gasteiger charge is 2.26. The van der Waals surface area contributed by atoms with E-state index in [1.807, 2.05) is 0 Å². The molecule has 0 aromatic heterocycles. The molecule has 0 aliphatic heterocycles. The maximum absolute atomic E-state index is 11.8. The first-order valence-electron chi connectivity index (χ1n) is 6.11. The molecule has 104 valence electrons. The number of amides is 1. The summed E-state index contributed by atoms with van der Waals surface area (Å²) in [7, 11) is 1.58. The lowest BCUT2D eigenvalue weighted by atomic mass is 9.89. The van der Waals surface area contributed by atoms with Crippen LogP contribution < -0.4 is 11.1 Å². The second kappa shape index (κ2) is 9.68. The largest absolute Gasteiger partial charge is 0.380 e. The van der Waals surface area contributed by atoms with Crippen LogP contribution in [0.1, 0.15) is 46.5 Å². The molecule has 0 radical (unpaired) electrons. The van der Waals surface area contributed by atoms with E-state index < -0.39 is 0 Å². The van der Waals surface area contributed by atoms with E-state index in [0.717, 1.165) is 19.3 Å². The molecule has 0 heterocycles. The Bertz CT molecular complexity index is 196. The van der Waals surface area contributed by atoms with Gasteiger partial charge in [0.2, 0.25) is 5.91 Å². The Morgan fingerprint density at radius 1 is 1.29 bits per heavy atom. The monoisotopic (exact) mass is 266 g/mol. The van der Waals surface area contributed by atoms with Crippen molar-refractivity contribution in [3.05, 3.63) is 0 Å². The molecule has 17 heavy (non-hydrogen) atoms. The second-order valence-corrected chi connectivity index (χ2v) is 4.19. The molecule has 0 aromatic rings. The van der Waals surface area contributed by atoms with Crippen LogP contribution in [0.2, 0.25) is 0 Å². The number of hydrogen-bond donors (Lipinski definition) is 2. The minimum atomic E-state index is -0.178. The fourth-order valence-electron chi connectivity index (χ4n) is 1.83. The van der Waals surface area contributed by atoms with Crippen molar-refractivity contribution in [2.75, 3.05) is 13.7 Å². The van der Waals surface area contributed by atoms with Gasteiger partial charge in [0.1, 0.15) is 0 Å². The first-order valence-corrected chi connectivity index (χ1v) is 6.11. The Morgan fingerprint density at radius 2 is 1.76 bits per heavy atom. The fraction of sp³-hybridized carbons (Fsp3) is 0.917. The molecule has 0 bridgehead atoms. The molecular weight excluding hydrogens is 240 g/mol. The Kier molecular flexibility index (Phi) is 10.8. The molecular formula is C12H27ClN2O2. The van der Waals surface area contributed by atoms with Crippen molar-refractivity contribution in [1.29, 1.82) is 0 Å². The van der Waals surface area contributed by atoms with E-state index in [1.54, 1.807) is 7.11 Å². The predicted molar refractivity (Wildman–Crippen MR) is 73.5 cm³/mol. The van der Waals surface area contributed by atoms with Crippen molar-refractivity contribution in [2.24, 2.45) is 5.73 Å². The van der Waals surface area contributed by atoms with Crippen LogP contribution in [0.25, 0.3) is 0 Å². The van der Waals surface area contributed by atoms with Crippen LogP contribution in [0.3, 0.4) is 0 Å². The average molecular weight is 267 g/mol. The van der Waals surface area contributed by atoms with Crippen LogP contribution in [-0.2, 0) is 9.53 Å². The summed E-state index contributed by atoms with van der Waals surface area (Å²) in [6, 6.07) is 0.